The molecule has 1 N–H and O–H groups in total. The summed E-state index contributed by atoms with van der Waals surface area (Å²) in [6, 6.07) is 12.2. The van der Waals surface area contributed by atoms with E-state index in [1.165, 1.54) is 23.5 Å². The van der Waals surface area contributed by atoms with Crippen molar-refractivity contribution in [2.45, 2.75) is 65.0 Å². The number of ether oxygens (including phenoxy) is 1. The average Bonchev–Trinajstić information content (AvgIpc) is 2.80. The van der Waals surface area contributed by atoms with E-state index in [2.05, 4.69) is 12.1 Å². The molecule has 1 amide bonds. The minimum absolute atomic E-state index is 0.0132. The maximum Gasteiger partial charge on any atom is 0.214 e. The van der Waals surface area contributed by atoms with Crippen molar-refractivity contribution >= 4 is 30.0 Å². The van der Waals surface area contributed by atoms with Crippen LogP contribution in [-0.4, -0.2) is 41.5 Å². The Bertz CT molecular complexity index is 1070. The first-order valence-electron chi connectivity index (χ1n) is 11.5. The lowest BCUT2D eigenvalue weighted by Gasteiger charge is -2.43. The van der Waals surface area contributed by atoms with E-state index in [4.69, 9.17) is 4.74 Å². The fourth-order valence-electron chi connectivity index (χ4n) is 4.56. The minimum Gasteiger partial charge on any atom is -0.507 e. The number of carbonyl (C=O) groups excluding carboxylic acids is 4. The molecule has 0 saturated carbocycles. The third kappa shape index (κ3) is 5.03. The summed E-state index contributed by atoms with van der Waals surface area (Å²) in [5.74, 6) is -0.789. The molecule has 1 aliphatic rings. The minimum atomic E-state index is -1.61. The van der Waals surface area contributed by atoms with E-state index in [0.717, 1.165) is 19.3 Å². The zero-order chi connectivity index (χ0) is 24.9. The summed E-state index contributed by atoms with van der Waals surface area (Å²) in [6.45, 7) is 4.90. The fraction of sp³-hybridized carbons (Fsp3) is 0.407. The van der Waals surface area contributed by atoms with Gasteiger partial charge in [-0.3, -0.25) is 9.59 Å². The number of fused-ring (bicyclic) bond motifs is 1. The van der Waals surface area contributed by atoms with E-state index < -0.39 is 17.2 Å². The van der Waals surface area contributed by atoms with Crippen molar-refractivity contribution in [1.29, 1.82) is 0 Å². The number of phenols is 1. The van der Waals surface area contributed by atoms with Gasteiger partial charge in [-0.25, -0.2) is 0 Å². The summed E-state index contributed by atoms with van der Waals surface area (Å²) in [4.78, 5) is 50.4. The summed E-state index contributed by atoms with van der Waals surface area (Å²) in [5, 5.41) is 10.7. The van der Waals surface area contributed by atoms with E-state index in [0.29, 0.717) is 18.4 Å². The van der Waals surface area contributed by atoms with Gasteiger partial charge in [-0.1, -0.05) is 30.3 Å². The lowest BCUT2D eigenvalue weighted by molar-refractivity contribution is -0.119. The van der Waals surface area contributed by atoms with Crippen molar-refractivity contribution in [2.75, 3.05) is 4.90 Å². The first-order chi connectivity index (χ1) is 16.2. The van der Waals surface area contributed by atoms with E-state index >= 15 is 0 Å². The number of aryl methyl sites for hydroxylation is 1. The number of phenolic OH excluding ortho intramolecular Hbond substituents is 1. The van der Waals surface area contributed by atoms with Crippen molar-refractivity contribution < 1.29 is 29.0 Å². The largest absolute Gasteiger partial charge is 0.507 e. The van der Waals surface area contributed by atoms with Gasteiger partial charge in [0.15, 0.2) is 5.78 Å². The molecule has 7 nitrogen and oxygen atoms in total. The van der Waals surface area contributed by atoms with Gasteiger partial charge in [-0.2, -0.15) is 0 Å². The molecule has 0 radical (unpaired) electrons. The zero-order valence-corrected chi connectivity index (χ0v) is 19.8. The van der Waals surface area contributed by atoms with Crippen LogP contribution in [-0.2, 0) is 20.8 Å². The standard InChI is InChI=1S/C27H31NO6/c1-18(31)12-13-27(16-29)20(3)28(17-30)23-14-22(15-24(32)25(23)26(27)33)34-19(2)8-7-11-21-9-5-4-6-10-21/h4-6,9-10,14-17,19-20,32H,7-8,11-13H2,1-3H3. The molecule has 0 saturated heterocycles. The molecule has 0 fully saturated rings. The van der Waals surface area contributed by atoms with Gasteiger partial charge in [0.25, 0.3) is 0 Å². The molecule has 1 heterocycles. The van der Waals surface area contributed by atoms with Crippen molar-refractivity contribution in [3.63, 3.8) is 0 Å². The number of hydrogen-bond acceptors (Lipinski definition) is 6. The van der Waals surface area contributed by atoms with Gasteiger partial charge in [0, 0.05) is 18.6 Å². The molecule has 2 aromatic rings. The number of benzene rings is 2. The molecule has 3 rings (SSSR count). The average molecular weight is 466 g/mol. The van der Waals surface area contributed by atoms with Crippen LogP contribution in [0.2, 0.25) is 0 Å². The van der Waals surface area contributed by atoms with Crippen LogP contribution in [0.5, 0.6) is 11.5 Å². The number of anilines is 1. The Hall–Kier alpha value is -3.48. The maximum atomic E-state index is 13.4. The molecule has 0 aromatic heterocycles. The Labute approximate surface area is 199 Å². The van der Waals surface area contributed by atoms with Crippen molar-refractivity contribution in [3.05, 3.63) is 53.6 Å². The monoisotopic (exact) mass is 465 g/mol. The van der Waals surface area contributed by atoms with Crippen LogP contribution in [0.3, 0.4) is 0 Å². The first-order valence-corrected chi connectivity index (χ1v) is 11.5. The smallest absolute Gasteiger partial charge is 0.214 e. The highest BCUT2D eigenvalue weighted by Gasteiger charge is 2.52. The topological polar surface area (TPSA) is 101 Å². The number of hydrogen-bond donors (Lipinski definition) is 1. The Balaban J connectivity index is 1.82. The van der Waals surface area contributed by atoms with Gasteiger partial charge in [-0.15, -0.1) is 0 Å². The molecule has 180 valence electrons. The Kier molecular flexibility index (Phi) is 7.87. The molecule has 7 heteroatoms. The number of rotatable bonds is 11. The van der Waals surface area contributed by atoms with Gasteiger partial charge in [0.05, 0.1) is 23.4 Å². The molecule has 34 heavy (non-hydrogen) atoms. The van der Waals surface area contributed by atoms with Gasteiger partial charge >= 0.3 is 0 Å². The van der Waals surface area contributed by atoms with Gasteiger partial charge in [0.1, 0.15) is 29.0 Å². The zero-order valence-electron chi connectivity index (χ0n) is 19.8. The highest BCUT2D eigenvalue weighted by atomic mass is 16.5. The number of ketones is 2. The van der Waals surface area contributed by atoms with E-state index in [-0.39, 0.29) is 41.7 Å². The lowest BCUT2D eigenvalue weighted by atomic mass is 9.68. The number of aldehydes is 1. The second-order valence-electron chi connectivity index (χ2n) is 9.02. The highest BCUT2D eigenvalue weighted by Crippen LogP contribution is 2.47. The highest BCUT2D eigenvalue weighted by molar-refractivity contribution is 6.18. The van der Waals surface area contributed by atoms with Crippen LogP contribution in [0.15, 0.2) is 42.5 Å². The molecule has 0 aliphatic carbocycles. The summed E-state index contributed by atoms with van der Waals surface area (Å²) in [5.41, 5.74) is -0.271. The van der Waals surface area contributed by atoms with Crippen LogP contribution in [0.1, 0.15) is 62.4 Å². The Morgan fingerprint density at radius 3 is 2.56 bits per heavy atom. The second kappa shape index (κ2) is 10.6. The van der Waals surface area contributed by atoms with Crippen molar-refractivity contribution in [1.82, 2.24) is 0 Å². The van der Waals surface area contributed by atoms with Gasteiger partial charge in [-0.05, 0) is 52.0 Å². The SMILES string of the molecule is CC(=O)CCC1(C=O)C(=O)c2c(O)cc(OC(C)CCCc3ccccc3)cc2N(C=O)C1C. The predicted molar refractivity (Wildman–Crippen MR) is 128 cm³/mol. The van der Waals surface area contributed by atoms with Crippen molar-refractivity contribution in [3.8, 4) is 11.5 Å². The lowest BCUT2D eigenvalue weighted by Crippen LogP contribution is -2.55. The summed E-state index contributed by atoms with van der Waals surface area (Å²) >= 11 is 0. The van der Waals surface area contributed by atoms with E-state index in [9.17, 15) is 24.3 Å². The van der Waals surface area contributed by atoms with Crippen LogP contribution < -0.4 is 9.64 Å². The molecule has 3 atom stereocenters. The quantitative estimate of drug-likeness (QED) is 0.393. The van der Waals surface area contributed by atoms with Crippen LogP contribution >= 0.6 is 0 Å². The van der Waals surface area contributed by atoms with Crippen LogP contribution in [0, 0.1) is 5.41 Å². The normalized spacial score (nSPS) is 20.4. The Morgan fingerprint density at radius 1 is 1.24 bits per heavy atom. The van der Waals surface area contributed by atoms with Crippen molar-refractivity contribution in [2.24, 2.45) is 5.41 Å². The van der Waals surface area contributed by atoms with Gasteiger partial charge in [0.2, 0.25) is 6.41 Å². The second-order valence-corrected chi connectivity index (χ2v) is 9.02. The third-order valence-electron chi connectivity index (χ3n) is 6.63. The number of nitrogens with zero attached hydrogens (tertiary/aromatic N) is 1. The Morgan fingerprint density at radius 2 is 1.94 bits per heavy atom. The molecule has 2 aromatic carbocycles. The summed E-state index contributed by atoms with van der Waals surface area (Å²) in [7, 11) is 0. The fourth-order valence-corrected chi connectivity index (χ4v) is 4.56. The molecule has 3 unspecified atom stereocenters. The summed E-state index contributed by atoms with van der Waals surface area (Å²) < 4.78 is 5.99. The predicted octanol–water partition coefficient (Wildman–Crippen LogP) is 4.28. The number of aromatic hydroxyl groups is 1. The van der Waals surface area contributed by atoms with Gasteiger partial charge < -0.3 is 24.3 Å². The number of Topliss-reactive ketones (excluding diaryl/α,β-unsaturated/α-hetero) is 2. The number of carbonyl (C=O) groups is 4. The molecular weight excluding hydrogens is 434 g/mol. The molecular formula is C27H31NO6. The van der Waals surface area contributed by atoms with Crippen LogP contribution in [0.4, 0.5) is 5.69 Å². The number of amides is 1. The molecule has 0 spiro atoms. The molecule has 1 aliphatic heterocycles. The molecule has 0 bridgehead atoms. The van der Waals surface area contributed by atoms with E-state index in [1.54, 1.807) is 13.0 Å². The summed E-state index contributed by atoms with van der Waals surface area (Å²) in [6.07, 6.45) is 3.46. The van der Waals surface area contributed by atoms with E-state index in [1.807, 2.05) is 25.1 Å². The van der Waals surface area contributed by atoms with Crippen LogP contribution in [0.25, 0.3) is 0 Å². The first kappa shape index (κ1) is 25.1. The maximum absolute atomic E-state index is 13.4. The third-order valence-corrected chi connectivity index (χ3v) is 6.63.